The fourth-order valence-electron chi connectivity index (χ4n) is 2.06. The first-order valence-electron chi connectivity index (χ1n) is 5.96. The van der Waals surface area contributed by atoms with Gasteiger partial charge in [-0.15, -0.1) is 0 Å². The van der Waals surface area contributed by atoms with E-state index in [2.05, 4.69) is 4.98 Å². The summed E-state index contributed by atoms with van der Waals surface area (Å²) in [6.45, 7) is 3.86. The predicted molar refractivity (Wildman–Crippen MR) is 71.3 cm³/mol. The first kappa shape index (κ1) is 13.0. The fraction of sp³-hybridized carbons (Fsp3) is 0.200. The zero-order chi connectivity index (χ0) is 14.0. The summed E-state index contributed by atoms with van der Waals surface area (Å²) in [5.41, 5.74) is 0.885. The smallest absolute Gasteiger partial charge is 0.266 e. The Labute approximate surface area is 110 Å². The molecule has 2 aromatic rings. The van der Waals surface area contributed by atoms with Crippen molar-refractivity contribution in [2.45, 2.75) is 19.8 Å². The number of aromatic amines is 1. The van der Waals surface area contributed by atoms with E-state index in [1.807, 2.05) is 19.9 Å². The van der Waals surface area contributed by atoms with Crippen LogP contribution >= 0.6 is 0 Å². The monoisotopic (exact) mass is 256 g/mol. The zero-order valence-corrected chi connectivity index (χ0v) is 10.7. The van der Waals surface area contributed by atoms with Crippen LogP contribution in [-0.4, -0.2) is 4.98 Å². The lowest BCUT2D eigenvalue weighted by Crippen LogP contribution is -2.14. The Morgan fingerprint density at radius 1 is 1.32 bits per heavy atom. The topological polar surface area (TPSA) is 56.6 Å². The highest BCUT2D eigenvalue weighted by Crippen LogP contribution is 2.31. The number of halogens is 1. The number of nitrogens with zero attached hydrogens (tertiary/aromatic N) is 1. The first-order valence-corrected chi connectivity index (χ1v) is 5.96. The molecule has 96 valence electrons. The standard InChI is InChI=1S/C15H13FN2O/c1-9(2)12-8-18-15(19)11(7-17)14(12)10-5-3-4-6-13(10)16/h3-6,8-9H,1-2H3,(H,18,19). The molecule has 0 aliphatic carbocycles. The Hall–Kier alpha value is -2.41. The van der Waals surface area contributed by atoms with Gasteiger partial charge in [0.05, 0.1) is 0 Å². The summed E-state index contributed by atoms with van der Waals surface area (Å²) >= 11 is 0. The number of benzene rings is 1. The van der Waals surface area contributed by atoms with Gasteiger partial charge in [0.15, 0.2) is 0 Å². The van der Waals surface area contributed by atoms with Crippen LogP contribution in [0.1, 0.15) is 30.9 Å². The second-order valence-electron chi connectivity index (χ2n) is 4.57. The molecule has 0 aliphatic heterocycles. The third-order valence-corrected chi connectivity index (χ3v) is 3.00. The summed E-state index contributed by atoms with van der Waals surface area (Å²) in [6, 6.07) is 8.04. The minimum Gasteiger partial charge on any atom is -0.328 e. The average Bonchev–Trinajstić information content (AvgIpc) is 2.38. The molecule has 0 unspecified atom stereocenters. The van der Waals surface area contributed by atoms with Gasteiger partial charge in [-0.1, -0.05) is 32.0 Å². The average molecular weight is 256 g/mol. The highest BCUT2D eigenvalue weighted by Gasteiger charge is 2.18. The van der Waals surface area contributed by atoms with E-state index in [0.717, 1.165) is 5.56 Å². The summed E-state index contributed by atoms with van der Waals surface area (Å²) in [7, 11) is 0. The number of H-pyrrole nitrogens is 1. The normalized spacial score (nSPS) is 10.5. The van der Waals surface area contributed by atoms with E-state index < -0.39 is 11.4 Å². The lowest BCUT2D eigenvalue weighted by Gasteiger charge is -2.14. The third-order valence-electron chi connectivity index (χ3n) is 3.00. The highest BCUT2D eigenvalue weighted by molar-refractivity contribution is 5.74. The molecule has 0 bridgehead atoms. The zero-order valence-electron chi connectivity index (χ0n) is 10.7. The molecular weight excluding hydrogens is 243 g/mol. The molecule has 0 saturated carbocycles. The van der Waals surface area contributed by atoms with E-state index in [1.165, 1.54) is 6.07 Å². The Bertz CT molecular complexity index is 711. The largest absolute Gasteiger partial charge is 0.328 e. The van der Waals surface area contributed by atoms with Crippen LogP contribution in [0.5, 0.6) is 0 Å². The predicted octanol–water partition coefficient (Wildman–Crippen LogP) is 3.18. The highest BCUT2D eigenvalue weighted by atomic mass is 19.1. The molecule has 4 heteroatoms. The molecule has 19 heavy (non-hydrogen) atoms. The van der Waals surface area contributed by atoms with Crippen molar-refractivity contribution >= 4 is 0 Å². The number of rotatable bonds is 2. The van der Waals surface area contributed by atoms with Crippen molar-refractivity contribution in [3.63, 3.8) is 0 Å². The van der Waals surface area contributed by atoms with Crippen LogP contribution in [0.3, 0.4) is 0 Å². The van der Waals surface area contributed by atoms with Crippen LogP contribution in [0.25, 0.3) is 11.1 Å². The fourth-order valence-corrected chi connectivity index (χ4v) is 2.06. The van der Waals surface area contributed by atoms with E-state index in [-0.39, 0.29) is 17.0 Å². The molecule has 1 aromatic heterocycles. The second-order valence-corrected chi connectivity index (χ2v) is 4.57. The third kappa shape index (κ3) is 2.27. The summed E-state index contributed by atoms with van der Waals surface area (Å²) < 4.78 is 13.9. The van der Waals surface area contributed by atoms with Crippen LogP contribution < -0.4 is 5.56 Å². The summed E-state index contributed by atoms with van der Waals surface area (Å²) in [6.07, 6.45) is 1.55. The van der Waals surface area contributed by atoms with E-state index in [1.54, 1.807) is 24.4 Å². The summed E-state index contributed by atoms with van der Waals surface area (Å²) in [5, 5.41) is 9.17. The van der Waals surface area contributed by atoms with Gasteiger partial charge in [0, 0.05) is 17.3 Å². The van der Waals surface area contributed by atoms with Crippen molar-refractivity contribution in [3.05, 3.63) is 57.8 Å². The number of hydrogen-bond acceptors (Lipinski definition) is 2. The van der Waals surface area contributed by atoms with Crippen molar-refractivity contribution in [3.8, 4) is 17.2 Å². The molecule has 0 saturated heterocycles. The molecule has 0 atom stereocenters. The molecule has 1 N–H and O–H groups in total. The Morgan fingerprint density at radius 3 is 2.58 bits per heavy atom. The number of nitrogens with one attached hydrogen (secondary N) is 1. The van der Waals surface area contributed by atoms with E-state index in [0.29, 0.717) is 5.56 Å². The van der Waals surface area contributed by atoms with Crippen LogP contribution in [-0.2, 0) is 0 Å². The second kappa shape index (κ2) is 5.07. The van der Waals surface area contributed by atoms with Crippen LogP contribution in [0.15, 0.2) is 35.3 Å². The van der Waals surface area contributed by atoms with Crippen molar-refractivity contribution < 1.29 is 4.39 Å². The lowest BCUT2D eigenvalue weighted by atomic mass is 9.91. The molecule has 0 fully saturated rings. The first-order chi connectivity index (χ1) is 9.06. The molecule has 3 nitrogen and oxygen atoms in total. The quantitative estimate of drug-likeness (QED) is 0.897. The van der Waals surface area contributed by atoms with Gasteiger partial charge in [0.1, 0.15) is 17.4 Å². The Kier molecular flexibility index (Phi) is 3.48. The number of pyridine rings is 1. The minimum atomic E-state index is -0.495. The van der Waals surface area contributed by atoms with Gasteiger partial charge in [0.2, 0.25) is 0 Å². The molecular formula is C15H13FN2O. The SMILES string of the molecule is CC(C)c1c[nH]c(=O)c(C#N)c1-c1ccccc1F. The maximum atomic E-state index is 13.9. The molecule has 2 rings (SSSR count). The lowest BCUT2D eigenvalue weighted by molar-refractivity contribution is 0.631. The van der Waals surface area contributed by atoms with Crippen molar-refractivity contribution in [2.75, 3.05) is 0 Å². The molecule has 1 heterocycles. The van der Waals surface area contributed by atoms with Gasteiger partial charge in [-0.25, -0.2) is 4.39 Å². The van der Waals surface area contributed by atoms with Crippen molar-refractivity contribution in [1.29, 1.82) is 5.26 Å². The van der Waals surface area contributed by atoms with Crippen LogP contribution in [0.4, 0.5) is 4.39 Å². The maximum Gasteiger partial charge on any atom is 0.266 e. The molecule has 0 radical (unpaired) electrons. The molecule has 0 aliphatic rings. The van der Waals surface area contributed by atoms with E-state index in [9.17, 15) is 9.18 Å². The Morgan fingerprint density at radius 2 is 2.00 bits per heavy atom. The van der Waals surface area contributed by atoms with Crippen molar-refractivity contribution in [2.24, 2.45) is 0 Å². The number of hydrogen-bond donors (Lipinski definition) is 1. The minimum absolute atomic E-state index is 0.0451. The number of aromatic nitrogens is 1. The van der Waals surface area contributed by atoms with Gasteiger partial charge in [-0.05, 0) is 17.5 Å². The van der Waals surface area contributed by atoms with Crippen LogP contribution in [0, 0.1) is 17.1 Å². The van der Waals surface area contributed by atoms with Gasteiger partial charge in [-0.3, -0.25) is 4.79 Å². The van der Waals surface area contributed by atoms with Crippen molar-refractivity contribution in [1.82, 2.24) is 4.98 Å². The molecule has 1 aromatic carbocycles. The van der Waals surface area contributed by atoms with Gasteiger partial charge >= 0.3 is 0 Å². The van der Waals surface area contributed by atoms with Crippen LogP contribution in [0.2, 0.25) is 0 Å². The maximum absolute atomic E-state index is 13.9. The summed E-state index contributed by atoms with van der Waals surface area (Å²) in [5.74, 6) is -0.370. The molecule has 0 spiro atoms. The number of nitriles is 1. The Balaban J connectivity index is 2.89. The van der Waals surface area contributed by atoms with E-state index in [4.69, 9.17) is 5.26 Å². The van der Waals surface area contributed by atoms with Gasteiger partial charge in [-0.2, -0.15) is 5.26 Å². The van der Waals surface area contributed by atoms with Gasteiger partial charge < -0.3 is 4.98 Å². The molecule has 0 amide bonds. The van der Waals surface area contributed by atoms with Gasteiger partial charge in [0.25, 0.3) is 5.56 Å². The summed E-state index contributed by atoms with van der Waals surface area (Å²) in [4.78, 5) is 14.3. The van der Waals surface area contributed by atoms with E-state index >= 15 is 0 Å².